The number of unbranched alkanes of at least 4 members (excludes halogenated alkanes) is 3. The minimum atomic E-state index is -0.664. The van der Waals surface area contributed by atoms with Crippen LogP contribution in [0.3, 0.4) is 0 Å². The van der Waals surface area contributed by atoms with Crippen molar-refractivity contribution in [1.29, 1.82) is 0 Å². The van der Waals surface area contributed by atoms with E-state index in [0.29, 0.717) is 0 Å². The van der Waals surface area contributed by atoms with Crippen LogP contribution in [0.15, 0.2) is 31.4 Å². The lowest BCUT2D eigenvalue weighted by atomic mass is 10.4. The van der Waals surface area contributed by atoms with E-state index in [1.54, 1.807) is 18.7 Å². The number of nitrogens with one attached hydrogen (secondary N) is 1. The van der Waals surface area contributed by atoms with Crippen LogP contribution in [-0.2, 0) is 0 Å². The molecular weight excluding hydrogens is 275 g/mol. The van der Waals surface area contributed by atoms with Crippen LogP contribution in [0.4, 0.5) is 0 Å². The summed E-state index contributed by atoms with van der Waals surface area (Å²) in [5.74, 6) is 0. The van der Waals surface area contributed by atoms with Gasteiger partial charge in [0.25, 0.3) is 0 Å². The fraction of sp³-hybridized carbons (Fsp3) is 0.722. The molecule has 0 unspecified atom stereocenters. The van der Waals surface area contributed by atoms with Crippen molar-refractivity contribution in [3.63, 3.8) is 0 Å². The van der Waals surface area contributed by atoms with Crippen LogP contribution in [0, 0.1) is 0 Å². The molecule has 0 aliphatic rings. The minimum Gasteiger partial charge on any atom is -0.351 e. The summed E-state index contributed by atoms with van der Waals surface area (Å²) in [7, 11) is -0.664. The van der Waals surface area contributed by atoms with E-state index in [4.69, 9.17) is 0 Å². The Hall–Kier alpha value is -0.620. The first-order valence-electron chi connectivity index (χ1n) is 8.63. The lowest BCUT2D eigenvalue weighted by Crippen LogP contribution is -2.11. The molecule has 0 fully saturated rings. The fourth-order valence-electron chi connectivity index (χ4n) is 2.58. The molecule has 2 nitrogen and oxygen atoms in total. The summed E-state index contributed by atoms with van der Waals surface area (Å²) in [6, 6.07) is 0. The first-order chi connectivity index (χ1) is 10.2. The van der Waals surface area contributed by atoms with Gasteiger partial charge in [-0.05, 0) is 43.9 Å². The molecule has 0 aromatic carbocycles. The smallest absolute Gasteiger partial charge is 0.0919 e. The third kappa shape index (κ3) is 10.7. The van der Waals surface area contributed by atoms with Crippen LogP contribution >= 0.6 is 7.26 Å². The van der Waals surface area contributed by atoms with E-state index in [1.807, 2.05) is 0 Å². The van der Waals surface area contributed by atoms with Gasteiger partial charge in [0, 0.05) is 12.4 Å². The average Bonchev–Trinajstić information content (AvgIpc) is 3.08. The predicted molar refractivity (Wildman–Crippen MR) is 99.9 cm³/mol. The molecule has 0 saturated heterocycles. The standard InChI is InChI=1S/C15H32P.C3H4N2/c1-5-9-13-16(12-8-4,14-10-6-2)15-11-7-3;1-2-5-3-4-1/h8H,4-7,9-15H2,1-3H3;1-3H,(H,4,5). The number of rotatable bonds is 11. The zero-order chi connectivity index (χ0) is 15.8. The second kappa shape index (κ2) is 14.3. The second-order valence-corrected chi connectivity index (χ2v) is 10.2. The van der Waals surface area contributed by atoms with Crippen molar-refractivity contribution < 1.29 is 0 Å². The maximum atomic E-state index is 4.00. The third-order valence-electron chi connectivity index (χ3n) is 3.88. The summed E-state index contributed by atoms with van der Waals surface area (Å²) < 4.78 is 0. The number of allylic oxidation sites excluding steroid dienone is 1. The van der Waals surface area contributed by atoms with Crippen LogP contribution in [0.1, 0.15) is 59.3 Å². The molecule has 0 saturated carbocycles. The first kappa shape index (κ1) is 20.4. The fourth-order valence-corrected chi connectivity index (χ4v) is 7.31. The highest BCUT2D eigenvalue weighted by molar-refractivity contribution is 7.76. The lowest BCUT2D eigenvalue weighted by Gasteiger charge is -2.36. The zero-order valence-electron chi connectivity index (χ0n) is 14.5. The number of hydrogen-bond donors (Lipinski definition) is 1. The van der Waals surface area contributed by atoms with E-state index in [9.17, 15) is 0 Å². The van der Waals surface area contributed by atoms with Gasteiger partial charge in [-0.15, -0.1) is 13.8 Å². The Morgan fingerprint density at radius 2 is 1.52 bits per heavy atom. The number of aromatic amines is 1. The molecule has 0 amide bonds. The van der Waals surface area contributed by atoms with Gasteiger partial charge in [-0.2, -0.15) is 0 Å². The highest BCUT2D eigenvalue weighted by Gasteiger charge is 2.23. The van der Waals surface area contributed by atoms with E-state index < -0.39 is 7.26 Å². The second-order valence-electron chi connectivity index (χ2n) is 5.80. The monoisotopic (exact) mass is 311 g/mol. The molecule has 0 aliphatic heterocycles. The summed E-state index contributed by atoms with van der Waals surface area (Å²) in [5.41, 5.74) is 0. The third-order valence-corrected chi connectivity index (χ3v) is 8.71. The molecule has 3 heteroatoms. The Morgan fingerprint density at radius 1 is 1.00 bits per heavy atom. The van der Waals surface area contributed by atoms with Gasteiger partial charge in [-0.25, -0.2) is 4.98 Å². The van der Waals surface area contributed by atoms with Gasteiger partial charge >= 0.3 is 0 Å². The Kier molecular flexibility index (Phi) is 13.9. The van der Waals surface area contributed by atoms with Crippen molar-refractivity contribution in [2.45, 2.75) is 59.3 Å². The molecule has 123 valence electrons. The topological polar surface area (TPSA) is 28.7 Å². The maximum Gasteiger partial charge on any atom is 0.0919 e. The molecule has 1 radical (unpaired) electrons. The highest BCUT2D eigenvalue weighted by atomic mass is 31.2. The predicted octanol–water partition coefficient (Wildman–Crippen LogP) is 6.00. The van der Waals surface area contributed by atoms with Crippen molar-refractivity contribution in [2.75, 3.05) is 24.6 Å². The van der Waals surface area contributed by atoms with E-state index in [-0.39, 0.29) is 0 Å². The highest BCUT2D eigenvalue weighted by Crippen LogP contribution is 2.60. The largest absolute Gasteiger partial charge is 0.351 e. The summed E-state index contributed by atoms with van der Waals surface area (Å²) >= 11 is 0. The van der Waals surface area contributed by atoms with E-state index >= 15 is 0 Å². The SMILES string of the molecule is C=CC[P](CCCC)(CCCC)CCCC.c1c[nH]cn1. The van der Waals surface area contributed by atoms with Gasteiger partial charge in [0.1, 0.15) is 0 Å². The van der Waals surface area contributed by atoms with E-state index in [2.05, 4.69) is 43.4 Å². The summed E-state index contributed by atoms with van der Waals surface area (Å²) in [4.78, 5) is 6.42. The Morgan fingerprint density at radius 3 is 1.76 bits per heavy atom. The molecule has 1 aromatic heterocycles. The van der Waals surface area contributed by atoms with E-state index in [0.717, 1.165) is 0 Å². The molecule has 1 rings (SSSR count). The van der Waals surface area contributed by atoms with Crippen LogP contribution in [0.2, 0.25) is 0 Å². The Balaban J connectivity index is 0.000000662. The molecule has 0 bridgehead atoms. The van der Waals surface area contributed by atoms with Gasteiger partial charge < -0.3 is 4.98 Å². The normalized spacial score (nSPS) is 10.8. The van der Waals surface area contributed by atoms with Gasteiger partial charge in [-0.3, -0.25) is 0 Å². The number of nitrogens with zero attached hydrogens (tertiary/aromatic N) is 1. The molecule has 0 spiro atoms. The zero-order valence-corrected chi connectivity index (χ0v) is 15.4. The van der Waals surface area contributed by atoms with Gasteiger partial charge in [0.2, 0.25) is 0 Å². The average molecular weight is 311 g/mol. The Labute approximate surface area is 133 Å². The van der Waals surface area contributed by atoms with E-state index in [1.165, 1.54) is 63.2 Å². The van der Waals surface area contributed by atoms with Crippen LogP contribution in [-0.4, -0.2) is 34.6 Å². The minimum absolute atomic E-state index is 0.664. The maximum absolute atomic E-state index is 4.00. The Bertz CT molecular complexity index is 270. The van der Waals surface area contributed by atoms with Gasteiger partial charge in [0.05, 0.1) is 6.33 Å². The van der Waals surface area contributed by atoms with Crippen molar-refractivity contribution in [2.24, 2.45) is 0 Å². The first-order valence-corrected chi connectivity index (χ1v) is 11.2. The molecular formula is C18H36N2P. The lowest BCUT2D eigenvalue weighted by molar-refractivity contribution is 0.836. The molecule has 1 aromatic rings. The quantitative estimate of drug-likeness (QED) is 0.394. The molecule has 1 heterocycles. The summed E-state index contributed by atoms with van der Waals surface area (Å²) in [6.45, 7) is 11.0. The summed E-state index contributed by atoms with van der Waals surface area (Å²) in [6.07, 6.45) is 21.6. The molecule has 0 atom stereocenters. The number of aromatic nitrogens is 2. The number of hydrogen-bond acceptors (Lipinski definition) is 1. The molecule has 0 aliphatic carbocycles. The van der Waals surface area contributed by atoms with Crippen molar-refractivity contribution in [3.8, 4) is 0 Å². The van der Waals surface area contributed by atoms with Crippen molar-refractivity contribution >= 4 is 7.26 Å². The number of H-pyrrole nitrogens is 1. The van der Waals surface area contributed by atoms with Crippen LogP contribution < -0.4 is 0 Å². The van der Waals surface area contributed by atoms with Gasteiger partial charge in [-0.1, -0.05) is 46.1 Å². The molecule has 21 heavy (non-hydrogen) atoms. The number of imidazole rings is 1. The van der Waals surface area contributed by atoms with Crippen LogP contribution in [0.25, 0.3) is 0 Å². The van der Waals surface area contributed by atoms with Gasteiger partial charge in [0.15, 0.2) is 0 Å². The van der Waals surface area contributed by atoms with Crippen LogP contribution in [0.5, 0.6) is 0 Å². The van der Waals surface area contributed by atoms with Crippen molar-refractivity contribution in [3.05, 3.63) is 31.4 Å². The summed E-state index contributed by atoms with van der Waals surface area (Å²) in [5, 5.41) is 0. The van der Waals surface area contributed by atoms with Crippen molar-refractivity contribution in [1.82, 2.24) is 9.97 Å². The molecule has 1 N–H and O–H groups in total.